The number of amides is 1. The van der Waals surface area contributed by atoms with E-state index in [0.717, 1.165) is 27.7 Å². The monoisotopic (exact) mass is 348 g/mol. The average molecular weight is 348 g/mol. The molecule has 0 bridgehead atoms. The Hall–Kier alpha value is -2.72. The summed E-state index contributed by atoms with van der Waals surface area (Å²) in [6.07, 6.45) is 0.609. The van der Waals surface area contributed by atoms with Gasteiger partial charge in [-0.25, -0.2) is 0 Å². The fourth-order valence-corrected chi connectivity index (χ4v) is 3.44. The Morgan fingerprint density at radius 2 is 1.77 bits per heavy atom. The average Bonchev–Trinajstić information content (AvgIpc) is 2.66. The molecule has 3 aromatic rings. The van der Waals surface area contributed by atoms with E-state index < -0.39 is 0 Å². The number of nitrogens with one attached hydrogen (secondary N) is 1. The number of hydrogen-bond acceptors (Lipinski definition) is 3. The Kier molecular flexibility index (Phi) is 5.64. The number of hydrogen-bond donors (Lipinski definition) is 2. The third-order valence-electron chi connectivity index (χ3n) is 4.82. The smallest absolute Gasteiger partial charge is 0.253 e. The minimum Gasteiger partial charge on any atom is -0.396 e. The third-order valence-corrected chi connectivity index (χ3v) is 4.82. The Morgan fingerprint density at radius 1 is 1.08 bits per heavy atom. The number of carbonyl (C=O) groups excluding carboxylic acids is 1. The van der Waals surface area contributed by atoms with Gasteiger partial charge in [-0.05, 0) is 37.5 Å². The molecule has 0 radical (unpaired) electrons. The van der Waals surface area contributed by atoms with Crippen molar-refractivity contribution in [3.63, 3.8) is 0 Å². The van der Waals surface area contributed by atoms with Crippen LogP contribution < -0.4 is 5.32 Å². The van der Waals surface area contributed by atoms with Crippen LogP contribution in [0.1, 0.15) is 39.5 Å². The summed E-state index contributed by atoms with van der Waals surface area (Å²) >= 11 is 0. The van der Waals surface area contributed by atoms with Crippen molar-refractivity contribution < 1.29 is 9.90 Å². The SMILES string of the molecule is Cc1nc2ccccc2c(C)c1C(=O)NC[C@@H](CCO)c1ccccc1. The van der Waals surface area contributed by atoms with Gasteiger partial charge in [0.2, 0.25) is 0 Å². The third kappa shape index (κ3) is 3.75. The lowest BCUT2D eigenvalue weighted by Crippen LogP contribution is -2.30. The number of fused-ring (bicyclic) bond motifs is 1. The van der Waals surface area contributed by atoms with Gasteiger partial charge >= 0.3 is 0 Å². The molecular weight excluding hydrogens is 324 g/mol. The predicted molar refractivity (Wildman–Crippen MR) is 104 cm³/mol. The first kappa shape index (κ1) is 18.1. The predicted octanol–water partition coefficient (Wildman–Crippen LogP) is 3.75. The first-order valence-electron chi connectivity index (χ1n) is 8.91. The number of rotatable bonds is 6. The zero-order valence-electron chi connectivity index (χ0n) is 15.2. The minimum absolute atomic E-state index is 0.0826. The number of aryl methyl sites for hydroxylation is 2. The summed E-state index contributed by atoms with van der Waals surface area (Å²) in [5.41, 5.74) is 4.34. The van der Waals surface area contributed by atoms with E-state index in [1.807, 2.05) is 68.4 Å². The molecule has 1 atom stereocenters. The first-order chi connectivity index (χ1) is 12.6. The summed E-state index contributed by atoms with van der Waals surface area (Å²) in [5, 5.41) is 13.4. The molecule has 0 fully saturated rings. The van der Waals surface area contributed by atoms with Crippen LogP contribution >= 0.6 is 0 Å². The molecule has 134 valence electrons. The van der Waals surface area contributed by atoms with E-state index in [1.54, 1.807) is 0 Å². The quantitative estimate of drug-likeness (QED) is 0.713. The van der Waals surface area contributed by atoms with E-state index >= 15 is 0 Å². The fraction of sp³-hybridized carbons (Fsp3) is 0.273. The standard InChI is InChI=1S/C22H24N2O2/c1-15-19-10-6-7-11-20(19)24-16(2)21(15)22(26)23-14-18(12-13-25)17-8-4-3-5-9-17/h3-11,18,25H,12-14H2,1-2H3,(H,23,26)/t18-/m1/s1. The zero-order valence-corrected chi connectivity index (χ0v) is 15.2. The maximum Gasteiger partial charge on any atom is 0.253 e. The van der Waals surface area contributed by atoms with E-state index in [2.05, 4.69) is 10.3 Å². The molecule has 4 nitrogen and oxygen atoms in total. The van der Waals surface area contributed by atoms with Crippen LogP contribution in [0.3, 0.4) is 0 Å². The number of pyridine rings is 1. The largest absolute Gasteiger partial charge is 0.396 e. The molecule has 0 aliphatic rings. The highest BCUT2D eigenvalue weighted by Crippen LogP contribution is 2.23. The Bertz CT molecular complexity index is 907. The maximum atomic E-state index is 12.9. The molecule has 2 aromatic carbocycles. The lowest BCUT2D eigenvalue weighted by molar-refractivity contribution is 0.0948. The van der Waals surface area contributed by atoms with Crippen molar-refractivity contribution in [3.8, 4) is 0 Å². The topological polar surface area (TPSA) is 62.2 Å². The molecule has 0 aliphatic heterocycles. The van der Waals surface area contributed by atoms with E-state index in [-0.39, 0.29) is 18.4 Å². The van der Waals surface area contributed by atoms with Gasteiger partial charge in [0.1, 0.15) is 0 Å². The molecule has 0 saturated carbocycles. The lowest BCUT2D eigenvalue weighted by atomic mass is 9.95. The van der Waals surface area contributed by atoms with Gasteiger partial charge < -0.3 is 10.4 Å². The van der Waals surface area contributed by atoms with Gasteiger partial charge in [-0.2, -0.15) is 0 Å². The number of aliphatic hydroxyl groups excluding tert-OH is 1. The van der Waals surface area contributed by atoms with Crippen molar-refractivity contribution in [1.82, 2.24) is 10.3 Å². The van der Waals surface area contributed by atoms with Crippen molar-refractivity contribution in [1.29, 1.82) is 0 Å². The molecule has 26 heavy (non-hydrogen) atoms. The Morgan fingerprint density at radius 3 is 2.50 bits per heavy atom. The summed E-state index contributed by atoms with van der Waals surface area (Å²) in [4.78, 5) is 17.4. The van der Waals surface area contributed by atoms with Gasteiger partial charge in [-0.3, -0.25) is 9.78 Å². The Labute approximate surface area is 153 Å². The van der Waals surface area contributed by atoms with Crippen LogP contribution in [0, 0.1) is 13.8 Å². The van der Waals surface area contributed by atoms with Gasteiger partial charge in [0, 0.05) is 24.5 Å². The summed E-state index contributed by atoms with van der Waals surface area (Å²) in [7, 11) is 0. The minimum atomic E-state index is -0.114. The molecule has 0 saturated heterocycles. The van der Waals surface area contributed by atoms with Crippen LogP contribution in [-0.2, 0) is 0 Å². The highest BCUT2D eigenvalue weighted by molar-refractivity contribution is 6.01. The van der Waals surface area contributed by atoms with Crippen molar-refractivity contribution >= 4 is 16.8 Å². The van der Waals surface area contributed by atoms with Gasteiger partial charge in [-0.1, -0.05) is 48.5 Å². The van der Waals surface area contributed by atoms with Crippen LogP contribution in [0.25, 0.3) is 10.9 Å². The number of aromatic nitrogens is 1. The van der Waals surface area contributed by atoms with E-state index in [0.29, 0.717) is 18.5 Å². The van der Waals surface area contributed by atoms with Crippen molar-refractivity contribution in [2.75, 3.05) is 13.2 Å². The molecule has 1 amide bonds. The summed E-state index contributed by atoms with van der Waals surface area (Å²) in [6, 6.07) is 17.8. The summed E-state index contributed by atoms with van der Waals surface area (Å²) < 4.78 is 0. The molecule has 1 aromatic heterocycles. The van der Waals surface area contributed by atoms with Crippen LogP contribution in [0.5, 0.6) is 0 Å². The van der Waals surface area contributed by atoms with Crippen LogP contribution in [0.15, 0.2) is 54.6 Å². The van der Waals surface area contributed by atoms with Crippen LogP contribution in [0.4, 0.5) is 0 Å². The van der Waals surface area contributed by atoms with Gasteiger partial charge in [-0.15, -0.1) is 0 Å². The Balaban J connectivity index is 1.82. The van der Waals surface area contributed by atoms with Crippen LogP contribution in [0.2, 0.25) is 0 Å². The molecule has 0 spiro atoms. The molecule has 0 aliphatic carbocycles. The molecule has 1 heterocycles. The fourth-order valence-electron chi connectivity index (χ4n) is 3.44. The molecule has 0 unspecified atom stereocenters. The normalized spacial score (nSPS) is 12.1. The van der Waals surface area contributed by atoms with Crippen LogP contribution in [-0.4, -0.2) is 29.1 Å². The second-order valence-corrected chi connectivity index (χ2v) is 6.54. The molecule has 2 N–H and O–H groups in total. The number of aliphatic hydroxyl groups is 1. The van der Waals surface area contributed by atoms with Crippen molar-refractivity contribution in [3.05, 3.63) is 77.0 Å². The molecule has 3 rings (SSSR count). The lowest BCUT2D eigenvalue weighted by Gasteiger charge is -2.18. The highest BCUT2D eigenvalue weighted by atomic mass is 16.3. The second kappa shape index (κ2) is 8.11. The maximum absolute atomic E-state index is 12.9. The molecular formula is C22H24N2O2. The summed E-state index contributed by atoms with van der Waals surface area (Å²) in [6.45, 7) is 4.41. The van der Waals surface area contributed by atoms with Crippen molar-refractivity contribution in [2.45, 2.75) is 26.2 Å². The van der Waals surface area contributed by atoms with Gasteiger partial charge in [0.25, 0.3) is 5.91 Å². The first-order valence-corrected chi connectivity index (χ1v) is 8.91. The number of para-hydroxylation sites is 1. The number of carbonyl (C=O) groups is 1. The zero-order chi connectivity index (χ0) is 18.5. The second-order valence-electron chi connectivity index (χ2n) is 6.54. The highest BCUT2D eigenvalue weighted by Gasteiger charge is 2.18. The number of nitrogens with zero attached hydrogens (tertiary/aromatic N) is 1. The van der Waals surface area contributed by atoms with E-state index in [9.17, 15) is 9.90 Å². The molecule has 4 heteroatoms. The van der Waals surface area contributed by atoms with Gasteiger partial charge in [0.05, 0.1) is 16.8 Å². The van der Waals surface area contributed by atoms with E-state index in [4.69, 9.17) is 0 Å². The number of benzene rings is 2. The van der Waals surface area contributed by atoms with Crippen molar-refractivity contribution in [2.24, 2.45) is 0 Å². The summed E-state index contributed by atoms with van der Waals surface area (Å²) in [5.74, 6) is -0.0312. The van der Waals surface area contributed by atoms with E-state index in [1.165, 1.54) is 0 Å². The van der Waals surface area contributed by atoms with Gasteiger partial charge in [0.15, 0.2) is 0 Å².